The number of hydrogen-bond donors (Lipinski definition) is 3. The standard InChI is InChI=1S/C17H14BrClN4O2S/c18-11-3-1-2-4-12(11)21-15(24)8-20-16(25)9-26-17-22-13-6-5-10(19)7-14(13)23-17/h1-7H,8-9H2,(H,20,25)(H,21,24)(H,22,23). The summed E-state index contributed by atoms with van der Waals surface area (Å²) in [6.07, 6.45) is 0. The number of amides is 2. The number of fused-ring (bicyclic) bond motifs is 1. The van der Waals surface area contributed by atoms with Gasteiger partial charge in [-0.1, -0.05) is 35.5 Å². The molecule has 0 fully saturated rings. The van der Waals surface area contributed by atoms with Gasteiger partial charge < -0.3 is 15.6 Å². The van der Waals surface area contributed by atoms with Crippen LogP contribution in [0.2, 0.25) is 5.02 Å². The minimum Gasteiger partial charge on any atom is -0.346 e. The van der Waals surface area contributed by atoms with Crippen molar-refractivity contribution in [1.29, 1.82) is 0 Å². The summed E-state index contributed by atoms with van der Waals surface area (Å²) in [5.74, 6) is -0.403. The van der Waals surface area contributed by atoms with Crippen molar-refractivity contribution in [3.63, 3.8) is 0 Å². The molecular weight excluding hydrogens is 440 g/mol. The molecule has 0 radical (unpaired) electrons. The predicted octanol–water partition coefficient (Wildman–Crippen LogP) is 3.83. The lowest BCUT2D eigenvalue weighted by molar-refractivity contribution is -0.122. The Balaban J connectivity index is 1.46. The second-order valence-electron chi connectivity index (χ2n) is 5.30. The number of nitrogens with one attached hydrogen (secondary N) is 3. The molecule has 2 amide bonds. The molecule has 0 aliphatic rings. The van der Waals surface area contributed by atoms with E-state index in [-0.39, 0.29) is 24.1 Å². The molecule has 0 aliphatic heterocycles. The van der Waals surface area contributed by atoms with Crippen LogP contribution in [-0.2, 0) is 9.59 Å². The summed E-state index contributed by atoms with van der Waals surface area (Å²) in [6.45, 7) is -0.101. The van der Waals surface area contributed by atoms with Crippen molar-refractivity contribution in [3.05, 3.63) is 52.0 Å². The highest BCUT2D eigenvalue weighted by Gasteiger charge is 2.10. The van der Waals surface area contributed by atoms with Gasteiger partial charge in [-0.2, -0.15) is 0 Å². The van der Waals surface area contributed by atoms with Gasteiger partial charge in [-0.15, -0.1) is 0 Å². The number of halogens is 2. The third-order valence-electron chi connectivity index (χ3n) is 3.36. The molecule has 0 spiro atoms. The van der Waals surface area contributed by atoms with E-state index in [1.807, 2.05) is 24.3 Å². The van der Waals surface area contributed by atoms with Gasteiger partial charge in [-0.05, 0) is 46.3 Å². The van der Waals surface area contributed by atoms with Crippen LogP contribution in [0.5, 0.6) is 0 Å². The zero-order chi connectivity index (χ0) is 18.5. The first-order valence-electron chi connectivity index (χ1n) is 7.60. The summed E-state index contributed by atoms with van der Waals surface area (Å²) in [6, 6.07) is 12.6. The minimum atomic E-state index is -0.298. The molecule has 3 aromatic rings. The number of imidazole rings is 1. The average Bonchev–Trinajstić information content (AvgIpc) is 3.02. The molecule has 1 aromatic heterocycles. The maximum atomic E-state index is 11.9. The number of anilines is 1. The fourth-order valence-electron chi connectivity index (χ4n) is 2.15. The lowest BCUT2D eigenvalue weighted by atomic mass is 10.3. The van der Waals surface area contributed by atoms with E-state index in [0.717, 1.165) is 15.5 Å². The molecule has 0 bridgehead atoms. The third kappa shape index (κ3) is 5.00. The van der Waals surface area contributed by atoms with Crippen LogP contribution in [0.4, 0.5) is 5.69 Å². The van der Waals surface area contributed by atoms with Crippen molar-refractivity contribution >= 4 is 67.8 Å². The number of nitrogens with zero attached hydrogens (tertiary/aromatic N) is 1. The van der Waals surface area contributed by atoms with Gasteiger partial charge in [0.25, 0.3) is 0 Å². The second-order valence-corrected chi connectivity index (χ2v) is 7.55. The molecule has 0 saturated heterocycles. The van der Waals surface area contributed by atoms with Crippen molar-refractivity contribution in [3.8, 4) is 0 Å². The van der Waals surface area contributed by atoms with Crippen LogP contribution < -0.4 is 10.6 Å². The van der Waals surface area contributed by atoms with Gasteiger partial charge in [-0.25, -0.2) is 4.98 Å². The SMILES string of the molecule is O=C(CSc1nc2ccc(Cl)cc2[nH]1)NCC(=O)Nc1ccccc1Br. The highest BCUT2D eigenvalue weighted by molar-refractivity contribution is 9.10. The maximum absolute atomic E-state index is 11.9. The highest BCUT2D eigenvalue weighted by Crippen LogP contribution is 2.22. The number of benzene rings is 2. The highest BCUT2D eigenvalue weighted by atomic mass is 79.9. The van der Waals surface area contributed by atoms with Crippen molar-refractivity contribution < 1.29 is 9.59 Å². The number of carbonyl (C=O) groups is 2. The van der Waals surface area contributed by atoms with Gasteiger partial charge in [0.15, 0.2) is 5.16 Å². The Morgan fingerprint density at radius 1 is 1.19 bits per heavy atom. The van der Waals surface area contributed by atoms with Gasteiger partial charge in [0.1, 0.15) is 0 Å². The van der Waals surface area contributed by atoms with Crippen molar-refractivity contribution in [2.45, 2.75) is 5.16 Å². The smallest absolute Gasteiger partial charge is 0.243 e. The van der Waals surface area contributed by atoms with E-state index in [9.17, 15) is 9.59 Å². The van der Waals surface area contributed by atoms with Crippen LogP contribution in [0.1, 0.15) is 0 Å². The Bertz CT molecular complexity index is 963. The summed E-state index contributed by atoms with van der Waals surface area (Å²) in [5.41, 5.74) is 2.25. The molecule has 0 saturated carbocycles. The van der Waals surface area contributed by atoms with E-state index in [0.29, 0.717) is 15.9 Å². The molecule has 0 unspecified atom stereocenters. The summed E-state index contributed by atoms with van der Waals surface area (Å²) in [7, 11) is 0. The Kier molecular flexibility index (Phi) is 6.18. The van der Waals surface area contributed by atoms with Crippen molar-refractivity contribution in [2.24, 2.45) is 0 Å². The van der Waals surface area contributed by atoms with Crippen LogP contribution in [0.3, 0.4) is 0 Å². The number of aromatic amines is 1. The number of hydrogen-bond acceptors (Lipinski definition) is 4. The summed E-state index contributed by atoms with van der Waals surface area (Å²) >= 11 is 10.5. The van der Waals surface area contributed by atoms with Gasteiger partial charge >= 0.3 is 0 Å². The number of aromatic nitrogens is 2. The normalized spacial score (nSPS) is 10.7. The molecule has 26 heavy (non-hydrogen) atoms. The van der Waals surface area contributed by atoms with E-state index < -0.39 is 0 Å². The molecule has 2 aromatic carbocycles. The fraction of sp³-hybridized carbons (Fsp3) is 0.118. The molecule has 6 nitrogen and oxygen atoms in total. The third-order valence-corrected chi connectivity index (χ3v) is 5.16. The molecule has 3 rings (SSSR count). The zero-order valence-corrected chi connectivity index (χ0v) is 16.5. The molecule has 9 heteroatoms. The molecule has 134 valence electrons. The summed E-state index contributed by atoms with van der Waals surface area (Å²) < 4.78 is 0.778. The van der Waals surface area contributed by atoms with Crippen molar-refractivity contribution in [1.82, 2.24) is 15.3 Å². The molecule has 1 heterocycles. The summed E-state index contributed by atoms with van der Waals surface area (Å²) in [5, 5.41) is 6.55. The maximum Gasteiger partial charge on any atom is 0.243 e. The molecule has 3 N–H and O–H groups in total. The Morgan fingerprint density at radius 2 is 2.00 bits per heavy atom. The molecule has 0 atom stereocenters. The van der Waals surface area contributed by atoms with E-state index in [4.69, 9.17) is 11.6 Å². The second kappa shape index (κ2) is 8.57. The average molecular weight is 454 g/mol. The Labute approximate surface area is 167 Å². The molecule has 0 aliphatic carbocycles. The first-order chi connectivity index (χ1) is 12.5. The molecular formula is C17H14BrClN4O2S. The number of carbonyl (C=O) groups excluding carboxylic acids is 2. The first-order valence-corrected chi connectivity index (χ1v) is 9.76. The van der Waals surface area contributed by atoms with Gasteiger partial charge in [0, 0.05) is 9.50 Å². The Hall–Kier alpha value is -2.03. The lowest BCUT2D eigenvalue weighted by Crippen LogP contribution is -2.33. The number of para-hydroxylation sites is 1. The van der Waals surface area contributed by atoms with Crippen LogP contribution in [0.25, 0.3) is 11.0 Å². The van der Waals surface area contributed by atoms with Gasteiger partial charge in [0.2, 0.25) is 11.8 Å². The topological polar surface area (TPSA) is 86.9 Å². The van der Waals surface area contributed by atoms with Crippen LogP contribution in [-0.4, -0.2) is 34.1 Å². The minimum absolute atomic E-state index is 0.101. The van der Waals surface area contributed by atoms with Crippen LogP contribution in [0, 0.1) is 0 Å². The van der Waals surface area contributed by atoms with Crippen LogP contribution >= 0.6 is 39.3 Å². The van der Waals surface area contributed by atoms with Crippen LogP contribution in [0.15, 0.2) is 52.1 Å². The Morgan fingerprint density at radius 3 is 2.81 bits per heavy atom. The number of H-pyrrole nitrogens is 1. The largest absolute Gasteiger partial charge is 0.346 e. The van der Waals surface area contributed by atoms with Crippen molar-refractivity contribution in [2.75, 3.05) is 17.6 Å². The van der Waals surface area contributed by atoms with E-state index in [2.05, 4.69) is 36.5 Å². The van der Waals surface area contributed by atoms with E-state index in [1.54, 1.807) is 18.2 Å². The number of rotatable bonds is 6. The zero-order valence-electron chi connectivity index (χ0n) is 13.4. The van der Waals surface area contributed by atoms with Gasteiger partial charge in [-0.3, -0.25) is 9.59 Å². The predicted molar refractivity (Wildman–Crippen MR) is 108 cm³/mol. The lowest BCUT2D eigenvalue weighted by Gasteiger charge is -2.08. The monoisotopic (exact) mass is 452 g/mol. The summed E-state index contributed by atoms with van der Waals surface area (Å²) in [4.78, 5) is 31.3. The first kappa shape index (κ1) is 18.8. The van der Waals surface area contributed by atoms with Gasteiger partial charge in [0.05, 0.1) is 29.0 Å². The number of thioether (sulfide) groups is 1. The van der Waals surface area contributed by atoms with E-state index >= 15 is 0 Å². The fourth-order valence-corrected chi connectivity index (χ4v) is 3.42. The quantitative estimate of drug-likeness (QED) is 0.495. The van der Waals surface area contributed by atoms with E-state index in [1.165, 1.54) is 11.8 Å².